The maximum Gasteiger partial charge on any atom is 0.405 e. The normalized spacial score (nSPS) is 13.0. The molecule has 0 radical (unpaired) electrons. The number of carbonyl (C=O) groups is 3. The van der Waals surface area contributed by atoms with Gasteiger partial charge < -0.3 is 35.2 Å². The Hall–Kier alpha value is -2.46. The van der Waals surface area contributed by atoms with Gasteiger partial charge >= 0.3 is 13.7 Å². The van der Waals surface area contributed by atoms with E-state index in [2.05, 4.69) is 16.0 Å². The van der Waals surface area contributed by atoms with Crippen LogP contribution >= 0.6 is 7.60 Å². The Balaban J connectivity index is 2.49. The van der Waals surface area contributed by atoms with Gasteiger partial charge in [0.15, 0.2) is 0 Å². The first-order chi connectivity index (χ1) is 16.2. The van der Waals surface area contributed by atoms with Crippen LogP contribution in [0, 0.1) is 0 Å². The lowest BCUT2D eigenvalue weighted by Gasteiger charge is -2.22. The number of hydrogen-bond acceptors (Lipinski definition) is 7. The van der Waals surface area contributed by atoms with Gasteiger partial charge in [-0.05, 0) is 45.1 Å². The predicted molar refractivity (Wildman–Crippen MR) is 127 cm³/mol. The summed E-state index contributed by atoms with van der Waals surface area (Å²) in [7, 11) is -3.48. The molecule has 2 atom stereocenters. The van der Waals surface area contributed by atoms with E-state index in [-0.39, 0.29) is 38.9 Å². The molecule has 1 aromatic carbocycles. The maximum atomic E-state index is 12.6. The van der Waals surface area contributed by atoms with Crippen molar-refractivity contribution in [1.82, 2.24) is 16.0 Å². The quantitative estimate of drug-likeness (QED) is 0.160. The van der Waals surface area contributed by atoms with E-state index in [4.69, 9.17) is 14.2 Å². The number of carboxylic acid groups (broad SMARTS) is 1. The van der Waals surface area contributed by atoms with Crippen molar-refractivity contribution in [2.75, 3.05) is 32.5 Å². The van der Waals surface area contributed by atoms with Crippen molar-refractivity contribution in [3.05, 3.63) is 35.9 Å². The molecule has 34 heavy (non-hydrogen) atoms. The molecule has 3 amide bonds. The number of unbranched alkanes of at least 4 members (excludes halogenated alkanes) is 1. The van der Waals surface area contributed by atoms with Crippen LogP contribution in [0.15, 0.2) is 30.3 Å². The van der Waals surface area contributed by atoms with Crippen LogP contribution in [0.1, 0.15) is 38.7 Å². The molecule has 0 bridgehead atoms. The molecular weight excluding hydrogens is 465 g/mol. The van der Waals surface area contributed by atoms with Crippen molar-refractivity contribution < 1.29 is 38.2 Å². The lowest BCUT2D eigenvalue weighted by atomic mass is 10.0. The molecule has 11 nitrogen and oxygen atoms in total. The van der Waals surface area contributed by atoms with E-state index in [1.165, 1.54) is 0 Å². The molecular formula is C22H36N3O8P. The van der Waals surface area contributed by atoms with Crippen LogP contribution in [0.2, 0.25) is 0 Å². The van der Waals surface area contributed by atoms with Crippen LogP contribution < -0.4 is 16.0 Å². The summed E-state index contributed by atoms with van der Waals surface area (Å²) in [6.07, 6.45) is -0.201. The summed E-state index contributed by atoms with van der Waals surface area (Å²) >= 11 is 0. The van der Waals surface area contributed by atoms with Crippen LogP contribution in [-0.4, -0.2) is 72.7 Å². The van der Waals surface area contributed by atoms with Crippen LogP contribution in [0.5, 0.6) is 0 Å². The smallest absolute Gasteiger partial charge is 0.405 e. The summed E-state index contributed by atoms with van der Waals surface area (Å²) < 4.78 is 22.6. The molecule has 5 N–H and O–H groups in total. The number of nitrogens with one attached hydrogen (secondary N) is 3. The number of carbonyl (C=O) groups excluding carboxylic acids is 2. The average Bonchev–Trinajstić information content (AvgIpc) is 2.78. The van der Waals surface area contributed by atoms with Gasteiger partial charge in [-0.25, -0.2) is 4.79 Å². The Labute approximate surface area is 200 Å². The molecule has 0 saturated carbocycles. The van der Waals surface area contributed by atoms with Crippen molar-refractivity contribution in [2.45, 2.75) is 51.6 Å². The fourth-order valence-corrected chi connectivity index (χ4v) is 4.74. The lowest BCUT2D eigenvalue weighted by Crippen LogP contribution is -2.50. The third-order valence-electron chi connectivity index (χ3n) is 4.74. The Morgan fingerprint density at radius 2 is 1.68 bits per heavy atom. The molecule has 0 aliphatic heterocycles. The molecule has 0 aliphatic carbocycles. The minimum Gasteiger partial charge on any atom is -0.465 e. The van der Waals surface area contributed by atoms with Gasteiger partial charge in [-0.3, -0.25) is 14.2 Å². The van der Waals surface area contributed by atoms with E-state index in [0.29, 0.717) is 19.3 Å². The number of amides is 3. The topological polar surface area (TPSA) is 163 Å². The summed E-state index contributed by atoms with van der Waals surface area (Å²) in [5.41, 5.74) is 0.929. The Kier molecular flexibility index (Phi) is 14.1. The van der Waals surface area contributed by atoms with Gasteiger partial charge in [0.05, 0.1) is 25.9 Å². The van der Waals surface area contributed by atoms with E-state index in [9.17, 15) is 24.1 Å². The zero-order chi connectivity index (χ0) is 25.4. The van der Waals surface area contributed by atoms with E-state index in [1.807, 2.05) is 30.3 Å². The van der Waals surface area contributed by atoms with E-state index < -0.39 is 37.6 Å². The van der Waals surface area contributed by atoms with Crippen LogP contribution in [0.25, 0.3) is 0 Å². The highest BCUT2D eigenvalue weighted by molar-refractivity contribution is 7.54. The zero-order valence-electron chi connectivity index (χ0n) is 19.7. The van der Waals surface area contributed by atoms with Crippen molar-refractivity contribution in [3.8, 4) is 0 Å². The van der Waals surface area contributed by atoms with E-state index in [1.54, 1.807) is 13.8 Å². The fourth-order valence-electron chi connectivity index (χ4n) is 3.23. The number of hydrogen-bond donors (Lipinski definition) is 5. The largest absolute Gasteiger partial charge is 0.465 e. The van der Waals surface area contributed by atoms with E-state index in [0.717, 1.165) is 5.56 Å². The summed E-state index contributed by atoms with van der Waals surface area (Å²) in [5.74, 6) is -1.01. The van der Waals surface area contributed by atoms with Crippen molar-refractivity contribution in [2.24, 2.45) is 0 Å². The Morgan fingerprint density at radius 3 is 2.24 bits per heavy atom. The van der Waals surface area contributed by atoms with Crippen LogP contribution in [0.4, 0.5) is 4.79 Å². The molecule has 12 heteroatoms. The molecule has 1 rings (SSSR count). The van der Waals surface area contributed by atoms with Crippen molar-refractivity contribution in [3.63, 3.8) is 0 Å². The first-order valence-electron chi connectivity index (χ1n) is 11.3. The minimum absolute atomic E-state index is 0.160. The molecule has 0 heterocycles. The fraction of sp³-hybridized carbons (Fsp3) is 0.591. The molecule has 0 fully saturated rings. The lowest BCUT2D eigenvalue weighted by molar-refractivity contribution is -0.124. The Morgan fingerprint density at radius 1 is 1.03 bits per heavy atom. The van der Waals surface area contributed by atoms with Gasteiger partial charge in [0.1, 0.15) is 12.2 Å². The summed E-state index contributed by atoms with van der Waals surface area (Å²) in [6.45, 7) is 3.60. The Bertz CT molecular complexity index is 799. The maximum absolute atomic E-state index is 12.6. The summed E-state index contributed by atoms with van der Waals surface area (Å²) in [5, 5.41) is 26.2. The molecule has 1 unspecified atom stereocenters. The first-order valence-corrected chi connectivity index (χ1v) is 13.0. The second-order valence-corrected chi connectivity index (χ2v) is 9.58. The number of rotatable bonds is 17. The molecule has 0 aliphatic rings. The van der Waals surface area contributed by atoms with Gasteiger partial charge in [-0.1, -0.05) is 30.3 Å². The number of benzene rings is 1. The van der Waals surface area contributed by atoms with Crippen molar-refractivity contribution in [1.29, 1.82) is 0 Å². The zero-order valence-corrected chi connectivity index (χ0v) is 20.6. The second kappa shape index (κ2) is 16.2. The summed E-state index contributed by atoms with van der Waals surface area (Å²) in [4.78, 5) is 35.8. The van der Waals surface area contributed by atoms with Gasteiger partial charge in [0.25, 0.3) is 0 Å². The average molecular weight is 502 g/mol. The van der Waals surface area contributed by atoms with Gasteiger partial charge in [-0.2, -0.15) is 0 Å². The highest BCUT2D eigenvalue weighted by Gasteiger charge is 2.27. The first kappa shape index (κ1) is 29.6. The molecule has 0 aromatic heterocycles. The standard InChI is InChI=1S/C22H36N3O8P/c1-3-32-34(31,33-4-2)16-20(27)23-13-9-8-12-19(25-22(29)30)21(28)24-18(15-26)14-17-10-6-5-7-11-17/h5-7,10-11,18-19,25-26H,3-4,8-9,12-16H2,1-2H3,(H,23,27)(H,24,28)(H,29,30)/t18-,19?/m0/s1. The van der Waals surface area contributed by atoms with Crippen LogP contribution in [0.3, 0.4) is 0 Å². The van der Waals surface area contributed by atoms with Crippen molar-refractivity contribution >= 4 is 25.5 Å². The molecule has 0 spiro atoms. The molecule has 192 valence electrons. The minimum atomic E-state index is -3.48. The highest BCUT2D eigenvalue weighted by atomic mass is 31.2. The molecule has 1 aromatic rings. The molecule has 0 saturated heterocycles. The summed E-state index contributed by atoms with van der Waals surface area (Å²) in [6, 6.07) is 7.75. The SMILES string of the molecule is CCOP(=O)(CC(=O)NCCCCC(NC(=O)O)C(=O)N[C@H](CO)Cc1ccccc1)OCC. The van der Waals surface area contributed by atoms with Crippen LogP contribution in [-0.2, 0) is 29.6 Å². The monoisotopic (exact) mass is 501 g/mol. The second-order valence-electron chi connectivity index (χ2n) is 7.53. The van der Waals surface area contributed by atoms with Gasteiger partial charge in [0.2, 0.25) is 11.8 Å². The van der Waals surface area contributed by atoms with E-state index >= 15 is 0 Å². The van der Waals surface area contributed by atoms with Gasteiger partial charge in [-0.15, -0.1) is 0 Å². The van der Waals surface area contributed by atoms with Gasteiger partial charge in [0, 0.05) is 6.54 Å². The number of aliphatic hydroxyl groups excluding tert-OH is 1. The third-order valence-corrected chi connectivity index (χ3v) is 6.71. The highest BCUT2D eigenvalue weighted by Crippen LogP contribution is 2.47. The number of aliphatic hydroxyl groups is 1. The predicted octanol–water partition coefficient (Wildman–Crippen LogP) is 1.90. The third kappa shape index (κ3) is 12.1.